The fraction of sp³-hybridized carbons (Fsp3) is 0.692. The fourth-order valence-electron chi connectivity index (χ4n) is 5.61. The lowest BCUT2D eigenvalue weighted by molar-refractivity contribution is 0.142. The third kappa shape index (κ3) is 6.13. The Morgan fingerprint density at radius 1 is 0.966 bits per heavy atom. The summed E-state index contributed by atoms with van der Waals surface area (Å²) in [5.74, 6) is 2.00. The van der Waals surface area contributed by atoms with Crippen molar-refractivity contribution in [1.82, 2.24) is 0 Å². The van der Waals surface area contributed by atoms with Gasteiger partial charge in [-0.05, 0) is 79.9 Å². The third-order valence-corrected chi connectivity index (χ3v) is 7.41. The first-order valence-electron chi connectivity index (χ1n) is 11.8. The molecule has 3 rings (SSSR count). The van der Waals surface area contributed by atoms with Gasteiger partial charge in [0.2, 0.25) is 0 Å². The van der Waals surface area contributed by atoms with Gasteiger partial charge in [0.15, 0.2) is 0 Å². The van der Waals surface area contributed by atoms with Crippen LogP contribution in [0, 0.1) is 29.4 Å². The van der Waals surface area contributed by atoms with Crippen LogP contribution >= 0.6 is 0 Å². The molecule has 0 N–H and O–H groups in total. The molecule has 0 bridgehead atoms. The van der Waals surface area contributed by atoms with Crippen LogP contribution in [0.15, 0.2) is 24.8 Å². The molecule has 1 aromatic rings. The van der Waals surface area contributed by atoms with Gasteiger partial charge >= 0.3 is 0 Å². The van der Waals surface area contributed by atoms with Crippen molar-refractivity contribution in [3.05, 3.63) is 47.5 Å². The zero-order chi connectivity index (χ0) is 20.6. The van der Waals surface area contributed by atoms with E-state index in [2.05, 4.69) is 13.5 Å². The summed E-state index contributed by atoms with van der Waals surface area (Å²) in [7, 11) is 0. The topological polar surface area (TPSA) is 9.23 Å². The molecule has 1 aromatic carbocycles. The van der Waals surface area contributed by atoms with E-state index < -0.39 is 11.6 Å². The van der Waals surface area contributed by atoms with Gasteiger partial charge in [0.1, 0.15) is 11.6 Å². The molecule has 2 saturated carbocycles. The van der Waals surface area contributed by atoms with E-state index in [1.807, 2.05) is 0 Å². The normalized spacial score (nSPS) is 27.7. The van der Waals surface area contributed by atoms with Crippen molar-refractivity contribution < 1.29 is 13.5 Å². The highest BCUT2D eigenvalue weighted by atomic mass is 19.1. The first kappa shape index (κ1) is 22.5. The summed E-state index contributed by atoms with van der Waals surface area (Å²) in [6.45, 7) is 6.09. The molecule has 2 aliphatic carbocycles. The van der Waals surface area contributed by atoms with Gasteiger partial charge in [0, 0.05) is 5.56 Å². The number of hydrogen-bond donors (Lipinski definition) is 0. The third-order valence-electron chi connectivity index (χ3n) is 7.41. The van der Waals surface area contributed by atoms with E-state index in [-0.39, 0.29) is 12.2 Å². The Morgan fingerprint density at radius 3 is 2.10 bits per heavy atom. The number of hydrogen-bond acceptors (Lipinski definition) is 1. The quantitative estimate of drug-likeness (QED) is 0.300. The van der Waals surface area contributed by atoms with Crippen LogP contribution in [-0.4, -0.2) is 6.61 Å². The van der Waals surface area contributed by atoms with Gasteiger partial charge < -0.3 is 4.74 Å². The van der Waals surface area contributed by atoms with Gasteiger partial charge in [-0.3, -0.25) is 0 Å². The molecule has 0 saturated heterocycles. The van der Waals surface area contributed by atoms with Gasteiger partial charge in [0.05, 0.1) is 13.2 Å². The van der Waals surface area contributed by atoms with Crippen LogP contribution in [0.5, 0.6) is 0 Å². The van der Waals surface area contributed by atoms with E-state index in [0.29, 0.717) is 12.5 Å². The molecular weight excluding hydrogens is 366 g/mol. The smallest absolute Gasteiger partial charge is 0.131 e. The zero-order valence-corrected chi connectivity index (χ0v) is 18.1. The largest absolute Gasteiger partial charge is 0.373 e. The Labute approximate surface area is 175 Å². The highest BCUT2D eigenvalue weighted by Gasteiger charge is 2.31. The monoisotopic (exact) mass is 404 g/mol. The van der Waals surface area contributed by atoms with E-state index in [4.69, 9.17) is 4.74 Å². The minimum Gasteiger partial charge on any atom is -0.373 e. The number of benzene rings is 1. The molecule has 0 spiro atoms. The van der Waals surface area contributed by atoms with E-state index in [0.717, 1.165) is 36.2 Å². The molecule has 0 heterocycles. The van der Waals surface area contributed by atoms with Crippen molar-refractivity contribution in [2.75, 3.05) is 6.61 Å². The van der Waals surface area contributed by atoms with Crippen LogP contribution in [0.1, 0.15) is 94.6 Å². The summed E-state index contributed by atoms with van der Waals surface area (Å²) >= 11 is 0. The fourth-order valence-corrected chi connectivity index (χ4v) is 5.61. The van der Waals surface area contributed by atoms with Crippen LogP contribution in [-0.2, 0) is 11.3 Å². The van der Waals surface area contributed by atoms with Crippen molar-refractivity contribution in [3.63, 3.8) is 0 Å². The number of halogens is 2. The first-order chi connectivity index (χ1) is 14.1. The summed E-state index contributed by atoms with van der Waals surface area (Å²) in [6, 6.07) is 3.08. The van der Waals surface area contributed by atoms with Crippen molar-refractivity contribution in [2.45, 2.75) is 90.1 Å². The SMILES string of the molecule is C=CCOCc1c(F)cc([C@H]2CC[C@H]([C@H]3CC[C@H](CCCC)CC3)CC2)cc1F. The standard InChI is InChI=1S/C26H38F2O/c1-3-5-6-19-7-9-20(10-8-19)21-11-13-22(14-12-21)23-16-25(27)24(26(28)17-23)18-29-15-4-2/h4,16-17,19-22H,2-3,5-15,18H2,1H3/t19-,20-,21-,22-. The maximum atomic E-state index is 14.4. The summed E-state index contributed by atoms with van der Waals surface area (Å²) in [4.78, 5) is 0. The van der Waals surface area contributed by atoms with Crippen molar-refractivity contribution in [2.24, 2.45) is 17.8 Å². The molecule has 0 amide bonds. The highest BCUT2D eigenvalue weighted by molar-refractivity contribution is 5.28. The minimum absolute atomic E-state index is 0.0316. The number of unbranched alkanes of at least 4 members (excludes halogenated alkanes) is 1. The summed E-state index contributed by atoms with van der Waals surface area (Å²) < 4.78 is 34.1. The minimum atomic E-state index is -0.475. The van der Waals surface area contributed by atoms with Crippen molar-refractivity contribution in [1.29, 1.82) is 0 Å². The Kier molecular flexibility index (Phi) is 8.71. The van der Waals surface area contributed by atoms with Crippen LogP contribution in [0.2, 0.25) is 0 Å². The average Bonchev–Trinajstić information content (AvgIpc) is 2.74. The van der Waals surface area contributed by atoms with E-state index >= 15 is 0 Å². The molecular formula is C26H38F2O. The zero-order valence-electron chi connectivity index (χ0n) is 18.1. The summed E-state index contributed by atoms with van der Waals surface area (Å²) in [6.07, 6.45) is 15.9. The Bertz CT molecular complexity index is 617. The molecule has 162 valence electrons. The molecule has 0 aliphatic heterocycles. The molecule has 2 fully saturated rings. The van der Waals surface area contributed by atoms with Gasteiger partial charge in [-0.2, -0.15) is 0 Å². The van der Waals surface area contributed by atoms with Gasteiger partial charge in [-0.1, -0.05) is 45.1 Å². The van der Waals surface area contributed by atoms with E-state index in [9.17, 15) is 8.78 Å². The molecule has 1 nitrogen and oxygen atoms in total. The first-order valence-corrected chi connectivity index (χ1v) is 11.8. The Hall–Kier alpha value is -1.22. The van der Waals surface area contributed by atoms with E-state index in [1.165, 1.54) is 57.8 Å². The Morgan fingerprint density at radius 2 is 1.55 bits per heavy atom. The second kappa shape index (κ2) is 11.2. The second-order valence-electron chi connectivity index (χ2n) is 9.30. The predicted octanol–water partition coefficient (Wildman–Crippen LogP) is 7.94. The lowest BCUT2D eigenvalue weighted by Crippen LogP contribution is -2.25. The maximum absolute atomic E-state index is 14.4. The summed E-state index contributed by atoms with van der Waals surface area (Å²) in [5, 5.41) is 0. The lowest BCUT2D eigenvalue weighted by atomic mass is 9.68. The Balaban J connectivity index is 1.50. The van der Waals surface area contributed by atoms with Gasteiger partial charge in [0.25, 0.3) is 0 Å². The molecule has 2 aliphatic rings. The lowest BCUT2D eigenvalue weighted by Gasteiger charge is -2.38. The van der Waals surface area contributed by atoms with Crippen LogP contribution in [0.25, 0.3) is 0 Å². The second-order valence-corrected chi connectivity index (χ2v) is 9.30. The number of rotatable bonds is 9. The highest BCUT2D eigenvalue weighted by Crippen LogP contribution is 2.44. The molecule has 3 heteroatoms. The van der Waals surface area contributed by atoms with E-state index in [1.54, 1.807) is 18.2 Å². The molecule has 0 radical (unpaired) electrons. The van der Waals surface area contributed by atoms with Gasteiger partial charge in [-0.15, -0.1) is 6.58 Å². The van der Waals surface area contributed by atoms with Crippen LogP contribution in [0.4, 0.5) is 8.78 Å². The predicted molar refractivity (Wildman–Crippen MR) is 116 cm³/mol. The van der Waals surface area contributed by atoms with Crippen LogP contribution in [0.3, 0.4) is 0 Å². The maximum Gasteiger partial charge on any atom is 0.131 e. The van der Waals surface area contributed by atoms with Crippen molar-refractivity contribution in [3.8, 4) is 0 Å². The molecule has 0 unspecified atom stereocenters. The molecule has 29 heavy (non-hydrogen) atoms. The number of ether oxygens (including phenoxy) is 1. The molecule has 0 atom stereocenters. The summed E-state index contributed by atoms with van der Waals surface area (Å²) in [5.41, 5.74) is 0.860. The van der Waals surface area contributed by atoms with Crippen LogP contribution < -0.4 is 0 Å². The van der Waals surface area contributed by atoms with Gasteiger partial charge in [-0.25, -0.2) is 8.78 Å². The average molecular weight is 405 g/mol. The van der Waals surface area contributed by atoms with Crippen molar-refractivity contribution >= 4 is 0 Å². The molecule has 0 aromatic heterocycles.